The van der Waals surface area contributed by atoms with Crippen LogP contribution in [-0.4, -0.2) is 28.8 Å². The van der Waals surface area contributed by atoms with Gasteiger partial charge in [-0.25, -0.2) is 0 Å². The van der Waals surface area contributed by atoms with Crippen LogP contribution in [0.5, 0.6) is 0 Å². The molecule has 3 aromatic carbocycles. The summed E-state index contributed by atoms with van der Waals surface area (Å²) < 4.78 is 0. The zero-order valence-corrected chi connectivity index (χ0v) is 22.8. The lowest BCUT2D eigenvalue weighted by atomic mass is 9.94. The lowest BCUT2D eigenvalue weighted by Gasteiger charge is -2.33. The summed E-state index contributed by atoms with van der Waals surface area (Å²) in [7, 11) is 0. The minimum Gasteiger partial charge on any atom is -0.352 e. The second-order valence-electron chi connectivity index (χ2n) is 9.98. The van der Waals surface area contributed by atoms with Gasteiger partial charge in [0, 0.05) is 19.0 Å². The first-order valence-electron chi connectivity index (χ1n) is 13.0. The molecule has 1 N–H and O–H groups in total. The number of hydrogen-bond donors (Lipinski definition) is 1. The monoisotopic (exact) mass is 536 g/mol. The maximum Gasteiger partial charge on any atom is 0.243 e. The van der Waals surface area contributed by atoms with Crippen LogP contribution >= 0.6 is 23.2 Å². The van der Waals surface area contributed by atoms with Gasteiger partial charge in [-0.3, -0.25) is 9.59 Å². The molecule has 1 saturated carbocycles. The van der Waals surface area contributed by atoms with Gasteiger partial charge in [-0.15, -0.1) is 0 Å². The van der Waals surface area contributed by atoms with Crippen molar-refractivity contribution in [3.05, 3.63) is 105 Å². The van der Waals surface area contributed by atoms with E-state index in [4.69, 9.17) is 23.2 Å². The number of amides is 2. The van der Waals surface area contributed by atoms with Crippen LogP contribution in [0.4, 0.5) is 0 Å². The first-order chi connectivity index (χ1) is 17.9. The topological polar surface area (TPSA) is 49.4 Å². The van der Waals surface area contributed by atoms with Crippen LogP contribution in [-0.2, 0) is 29.0 Å². The molecule has 37 heavy (non-hydrogen) atoms. The van der Waals surface area contributed by atoms with Gasteiger partial charge in [0.25, 0.3) is 0 Å². The van der Waals surface area contributed by atoms with E-state index in [0.717, 1.165) is 47.9 Å². The number of aryl methyl sites for hydroxylation is 1. The maximum atomic E-state index is 13.9. The summed E-state index contributed by atoms with van der Waals surface area (Å²) >= 11 is 12.5. The normalized spacial score (nSPS) is 14.7. The molecule has 1 aliphatic rings. The summed E-state index contributed by atoms with van der Waals surface area (Å²) in [5.74, 6) is -0.206. The Morgan fingerprint density at radius 3 is 2.22 bits per heavy atom. The predicted octanol–water partition coefficient (Wildman–Crippen LogP) is 6.93. The third kappa shape index (κ3) is 7.83. The van der Waals surface area contributed by atoms with Crippen molar-refractivity contribution in [1.82, 2.24) is 10.2 Å². The molecule has 0 bridgehead atoms. The van der Waals surface area contributed by atoms with Gasteiger partial charge in [-0.1, -0.05) is 109 Å². The molecule has 0 radical (unpaired) electrons. The molecule has 0 aromatic heterocycles. The highest BCUT2D eigenvalue weighted by molar-refractivity contribution is 6.42. The Hall–Kier alpha value is -2.82. The van der Waals surface area contributed by atoms with Gasteiger partial charge in [-0.05, 0) is 48.6 Å². The number of halogens is 2. The number of carbonyl (C=O) groups excluding carboxylic acids is 2. The molecule has 0 heterocycles. The third-order valence-corrected chi connectivity index (χ3v) is 7.77. The molecule has 6 heteroatoms. The largest absolute Gasteiger partial charge is 0.352 e. The maximum absolute atomic E-state index is 13.9. The summed E-state index contributed by atoms with van der Waals surface area (Å²) in [6.45, 7) is 2.28. The highest BCUT2D eigenvalue weighted by Gasteiger charge is 2.32. The number of benzene rings is 3. The molecule has 0 aliphatic heterocycles. The number of hydrogen-bond acceptors (Lipinski definition) is 2. The van der Waals surface area contributed by atoms with Gasteiger partial charge >= 0.3 is 0 Å². The summed E-state index contributed by atoms with van der Waals surface area (Å²) in [5.41, 5.74) is 3.89. The minimum atomic E-state index is -0.656. The molecule has 2 amide bonds. The van der Waals surface area contributed by atoms with E-state index < -0.39 is 6.04 Å². The van der Waals surface area contributed by atoms with Crippen LogP contribution in [0.1, 0.15) is 54.4 Å². The predicted molar refractivity (Wildman–Crippen MR) is 151 cm³/mol. The third-order valence-electron chi connectivity index (χ3n) is 7.04. The Morgan fingerprint density at radius 1 is 0.865 bits per heavy atom. The van der Waals surface area contributed by atoms with E-state index in [1.165, 1.54) is 6.42 Å². The van der Waals surface area contributed by atoms with Crippen LogP contribution in [0.25, 0.3) is 0 Å². The van der Waals surface area contributed by atoms with Crippen molar-refractivity contribution in [2.75, 3.05) is 0 Å². The molecule has 1 atom stereocenters. The van der Waals surface area contributed by atoms with Gasteiger partial charge in [0.2, 0.25) is 11.8 Å². The van der Waals surface area contributed by atoms with E-state index in [1.54, 1.807) is 17.0 Å². The van der Waals surface area contributed by atoms with Gasteiger partial charge in [0.05, 0.1) is 16.5 Å². The van der Waals surface area contributed by atoms with Crippen LogP contribution in [0.3, 0.4) is 0 Å². The SMILES string of the molecule is Cc1ccc(CC(=O)N(Cc2ccc(Cl)c(Cl)c2)[C@H](Cc2ccccc2)C(=O)NC2CCCCC2)cc1. The van der Waals surface area contributed by atoms with E-state index in [0.29, 0.717) is 16.5 Å². The average Bonchev–Trinajstić information content (AvgIpc) is 2.90. The summed E-state index contributed by atoms with van der Waals surface area (Å²) in [6, 6.07) is 22.7. The number of nitrogens with one attached hydrogen (secondary N) is 1. The molecule has 3 aromatic rings. The molecule has 1 fully saturated rings. The molecular formula is C31H34Cl2N2O2. The van der Waals surface area contributed by atoms with Crippen molar-refractivity contribution in [3.8, 4) is 0 Å². The van der Waals surface area contributed by atoms with Gasteiger partial charge in [0.1, 0.15) is 6.04 Å². The Morgan fingerprint density at radius 2 is 1.54 bits per heavy atom. The van der Waals surface area contributed by atoms with Crippen LogP contribution < -0.4 is 5.32 Å². The summed E-state index contributed by atoms with van der Waals surface area (Å²) in [4.78, 5) is 29.4. The molecule has 194 valence electrons. The fraction of sp³-hybridized carbons (Fsp3) is 0.355. The fourth-order valence-electron chi connectivity index (χ4n) is 4.92. The van der Waals surface area contributed by atoms with Crippen molar-refractivity contribution in [1.29, 1.82) is 0 Å². The molecule has 1 aliphatic carbocycles. The highest BCUT2D eigenvalue weighted by Crippen LogP contribution is 2.25. The van der Waals surface area contributed by atoms with Crippen molar-refractivity contribution < 1.29 is 9.59 Å². The second kappa shape index (κ2) is 13.1. The Kier molecular flexibility index (Phi) is 9.65. The lowest BCUT2D eigenvalue weighted by Crippen LogP contribution is -2.53. The quantitative estimate of drug-likeness (QED) is 0.322. The standard InChI is InChI=1S/C31H34Cl2N2O2/c1-22-12-14-24(15-13-22)20-30(36)35(21-25-16-17-27(32)28(33)18-25)29(19-23-8-4-2-5-9-23)31(37)34-26-10-6-3-7-11-26/h2,4-5,8-9,12-18,26,29H,3,6-7,10-11,19-21H2,1H3,(H,34,37)/t29-/m1/s1. The van der Waals surface area contributed by atoms with Crippen LogP contribution in [0.15, 0.2) is 72.8 Å². The molecule has 4 rings (SSSR count). The van der Waals surface area contributed by atoms with Crippen molar-refractivity contribution in [2.45, 2.75) is 70.5 Å². The zero-order chi connectivity index (χ0) is 26.2. The first kappa shape index (κ1) is 27.2. The fourth-order valence-corrected chi connectivity index (χ4v) is 5.24. The van der Waals surface area contributed by atoms with Crippen LogP contribution in [0, 0.1) is 6.92 Å². The first-order valence-corrected chi connectivity index (χ1v) is 13.8. The Labute approximate surface area is 230 Å². The van der Waals surface area contributed by atoms with E-state index >= 15 is 0 Å². The summed E-state index contributed by atoms with van der Waals surface area (Å²) in [6.07, 6.45) is 6.05. The van der Waals surface area contributed by atoms with Crippen LogP contribution in [0.2, 0.25) is 10.0 Å². The van der Waals surface area contributed by atoms with E-state index in [-0.39, 0.29) is 30.8 Å². The highest BCUT2D eigenvalue weighted by atomic mass is 35.5. The number of rotatable bonds is 9. The molecule has 0 spiro atoms. The molecular weight excluding hydrogens is 503 g/mol. The van der Waals surface area contributed by atoms with E-state index in [1.807, 2.05) is 67.6 Å². The Bertz CT molecular complexity index is 1190. The number of nitrogens with zero attached hydrogens (tertiary/aromatic N) is 1. The Balaban J connectivity index is 1.66. The smallest absolute Gasteiger partial charge is 0.243 e. The summed E-state index contributed by atoms with van der Waals surface area (Å²) in [5, 5.41) is 4.16. The van der Waals surface area contributed by atoms with Crippen molar-refractivity contribution in [2.24, 2.45) is 0 Å². The lowest BCUT2D eigenvalue weighted by molar-refractivity contribution is -0.141. The molecule has 4 nitrogen and oxygen atoms in total. The van der Waals surface area contributed by atoms with E-state index in [2.05, 4.69) is 5.32 Å². The zero-order valence-electron chi connectivity index (χ0n) is 21.3. The van der Waals surface area contributed by atoms with Gasteiger partial charge < -0.3 is 10.2 Å². The van der Waals surface area contributed by atoms with Gasteiger partial charge in [-0.2, -0.15) is 0 Å². The molecule has 0 saturated heterocycles. The minimum absolute atomic E-state index is 0.102. The average molecular weight is 538 g/mol. The van der Waals surface area contributed by atoms with Crippen molar-refractivity contribution in [3.63, 3.8) is 0 Å². The van der Waals surface area contributed by atoms with Gasteiger partial charge in [0.15, 0.2) is 0 Å². The second-order valence-corrected chi connectivity index (χ2v) is 10.8. The van der Waals surface area contributed by atoms with E-state index in [9.17, 15) is 9.59 Å². The number of carbonyl (C=O) groups is 2. The van der Waals surface area contributed by atoms with Crippen molar-refractivity contribution >= 4 is 35.0 Å². The molecule has 0 unspecified atom stereocenters.